The fraction of sp³-hybridized carbons (Fsp3) is 0.364. The Hall–Kier alpha value is -1.03. The van der Waals surface area contributed by atoms with Crippen molar-refractivity contribution in [1.82, 2.24) is 0 Å². The minimum Gasteiger partial charge on any atom is -0.446 e. The van der Waals surface area contributed by atoms with Gasteiger partial charge >= 0.3 is 6.09 Å². The van der Waals surface area contributed by atoms with Crippen molar-refractivity contribution < 1.29 is 9.53 Å². The van der Waals surface area contributed by atoms with Crippen LogP contribution in [-0.2, 0) is 4.74 Å². The van der Waals surface area contributed by atoms with Crippen LogP contribution in [0.25, 0.3) is 0 Å². The third kappa shape index (κ3) is 4.34. The lowest BCUT2D eigenvalue weighted by atomic mass is 10.3. The van der Waals surface area contributed by atoms with Gasteiger partial charge in [0, 0.05) is 10.2 Å². The molecule has 0 aliphatic heterocycles. The Labute approximate surface area is 97.9 Å². The number of ether oxygens (including phenoxy) is 1. The molecule has 1 N–H and O–H groups in total. The summed E-state index contributed by atoms with van der Waals surface area (Å²) < 4.78 is 6.05. The molecule has 1 rings (SSSR count). The monoisotopic (exact) mass is 271 g/mol. The van der Waals surface area contributed by atoms with Gasteiger partial charge in [0.05, 0.1) is 0 Å². The third-order valence-corrected chi connectivity index (χ3v) is 2.50. The number of carbonyl (C=O) groups is 1. The van der Waals surface area contributed by atoms with Crippen molar-refractivity contribution in [1.29, 1.82) is 0 Å². The van der Waals surface area contributed by atoms with Crippen molar-refractivity contribution in [2.24, 2.45) is 0 Å². The van der Waals surface area contributed by atoms with Gasteiger partial charge in [-0.2, -0.15) is 0 Å². The van der Waals surface area contributed by atoms with Crippen molar-refractivity contribution in [3.8, 4) is 0 Å². The molecule has 1 amide bonds. The van der Waals surface area contributed by atoms with Gasteiger partial charge in [-0.3, -0.25) is 5.32 Å². The summed E-state index contributed by atoms with van der Waals surface area (Å²) in [6.45, 7) is 3.83. The van der Waals surface area contributed by atoms with Gasteiger partial charge in [0.15, 0.2) is 0 Å². The van der Waals surface area contributed by atoms with E-state index in [-0.39, 0.29) is 6.10 Å². The molecule has 0 unspecified atom stereocenters. The summed E-state index contributed by atoms with van der Waals surface area (Å²) >= 11 is 3.32. The molecule has 82 valence electrons. The van der Waals surface area contributed by atoms with E-state index in [1.165, 1.54) is 0 Å². The average molecular weight is 272 g/mol. The molecule has 0 heterocycles. The molecule has 0 saturated carbocycles. The first-order chi connectivity index (χ1) is 7.11. The molecule has 1 aromatic rings. The summed E-state index contributed by atoms with van der Waals surface area (Å²) in [6, 6.07) is 7.33. The van der Waals surface area contributed by atoms with Gasteiger partial charge in [-0.05, 0) is 37.6 Å². The van der Waals surface area contributed by atoms with Crippen LogP contribution in [0, 0.1) is 0 Å². The lowest BCUT2D eigenvalue weighted by Crippen LogP contribution is -2.19. The van der Waals surface area contributed by atoms with Crippen molar-refractivity contribution in [2.75, 3.05) is 5.32 Å². The van der Waals surface area contributed by atoms with E-state index in [1.807, 2.05) is 38.1 Å². The van der Waals surface area contributed by atoms with Gasteiger partial charge in [-0.15, -0.1) is 0 Å². The zero-order valence-corrected chi connectivity index (χ0v) is 10.4. The summed E-state index contributed by atoms with van der Waals surface area (Å²) in [7, 11) is 0. The molecule has 0 saturated heterocycles. The molecule has 0 aliphatic carbocycles. The maximum absolute atomic E-state index is 11.3. The van der Waals surface area contributed by atoms with Crippen LogP contribution < -0.4 is 5.32 Å². The molecule has 0 spiro atoms. The van der Waals surface area contributed by atoms with Crippen molar-refractivity contribution in [2.45, 2.75) is 26.4 Å². The minimum absolute atomic E-state index is 0.0551. The molecule has 3 nitrogen and oxygen atoms in total. The molecule has 0 fully saturated rings. The molecule has 0 radical (unpaired) electrons. The number of hydrogen-bond donors (Lipinski definition) is 1. The molecular formula is C11H14BrNO2. The Balaban J connectivity index is 2.48. The summed E-state index contributed by atoms with van der Waals surface area (Å²) in [4.78, 5) is 11.3. The van der Waals surface area contributed by atoms with Crippen molar-refractivity contribution in [3.63, 3.8) is 0 Å². The molecular weight excluding hydrogens is 258 g/mol. The first kappa shape index (κ1) is 12.0. The Morgan fingerprint density at radius 1 is 1.47 bits per heavy atom. The van der Waals surface area contributed by atoms with Crippen LogP contribution in [0.5, 0.6) is 0 Å². The number of rotatable bonds is 3. The van der Waals surface area contributed by atoms with Crippen LogP contribution in [-0.4, -0.2) is 12.2 Å². The number of benzene rings is 1. The number of amides is 1. The van der Waals surface area contributed by atoms with E-state index in [1.54, 1.807) is 0 Å². The maximum Gasteiger partial charge on any atom is 0.411 e. The second-order valence-electron chi connectivity index (χ2n) is 3.26. The zero-order chi connectivity index (χ0) is 11.3. The minimum atomic E-state index is -0.410. The second-order valence-corrected chi connectivity index (χ2v) is 4.17. The van der Waals surface area contributed by atoms with E-state index in [0.717, 1.165) is 16.6 Å². The lowest BCUT2D eigenvalue weighted by Gasteiger charge is -2.11. The van der Waals surface area contributed by atoms with Gasteiger partial charge in [-0.25, -0.2) is 4.79 Å². The second kappa shape index (κ2) is 5.75. The van der Waals surface area contributed by atoms with E-state index >= 15 is 0 Å². The summed E-state index contributed by atoms with van der Waals surface area (Å²) in [6.07, 6.45) is 0.348. The standard InChI is InChI=1S/C11H14BrNO2/c1-3-8(2)15-11(14)13-10-6-4-9(12)5-7-10/h4-8H,3H2,1-2H3,(H,13,14)/t8-/m0/s1. The Morgan fingerprint density at radius 3 is 2.60 bits per heavy atom. The largest absolute Gasteiger partial charge is 0.446 e. The first-order valence-corrected chi connectivity index (χ1v) is 5.64. The maximum atomic E-state index is 11.3. The molecule has 4 heteroatoms. The van der Waals surface area contributed by atoms with Crippen molar-refractivity contribution >= 4 is 27.7 Å². The highest BCUT2D eigenvalue weighted by Gasteiger charge is 2.06. The third-order valence-electron chi connectivity index (χ3n) is 1.97. The van der Waals surface area contributed by atoms with Crippen LogP contribution in [0.15, 0.2) is 28.7 Å². The van der Waals surface area contributed by atoms with E-state index in [9.17, 15) is 4.79 Å². The summed E-state index contributed by atoms with van der Waals surface area (Å²) in [5, 5.41) is 2.65. The Kier molecular flexibility index (Phi) is 4.62. The van der Waals surface area contributed by atoms with Gasteiger partial charge in [0.1, 0.15) is 6.10 Å². The summed E-state index contributed by atoms with van der Waals surface area (Å²) in [5.74, 6) is 0. The molecule has 15 heavy (non-hydrogen) atoms. The topological polar surface area (TPSA) is 38.3 Å². The smallest absolute Gasteiger partial charge is 0.411 e. The predicted molar refractivity (Wildman–Crippen MR) is 64.0 cm³/mol. The van der Waals surface area contributed by atoms with Crippen molar-refractivity contribution in [3.05, 3.63) is 28.7 Å². The first-order valence-electron chi connectivity index (χ1n) is 4.85. The van der Waals surface area contributed by atoms with Crippen LogP contribution in [0.4, 0.5) is 10.5 Å². The highest BCUT2D eigenvalue weighted by molar-refractivity contribution is 9.10. The molecule has 1 aromatic carbocycles. The van der Waals surface area contributed by atoms with Gasteiger partial charge in [0.2, 0.25) is 0 Å². The van der Waals surface area contributed by atoms with Crippen LogP contribution in [0.1, 0.15) is 20.3 Å². The van der Waals surface area contributed by atoms with E-state index in [0.29, 0.717) is 0 Å². The molecule has 1 atom stereocenters. The van der Waals surface area contributed by atoms with Crippen LogP contribution >= 0.6 is 15.9 Å². The fourth-order valence-electron chi connectivity index (χ4n) is 0.947. The predicted octanol–water partition coefficient (Wildman–Crippen LogP) is 3.80. The number of hydrogen-bond acceptors (Lipinski definition) is 2. The highest BCUT2D eigenvalue weighted by Crippen LogP contribution is 2.14. The van der Waals surface area contributed by atoms with Crippen LogP contribution in [0.2, 0.25) is 0 Å². The molecule has 0 aliphatic rings. The normalized spacial score (nSPS) is 11.9. The van der Waals surface area contributed by atoms with Gasteiger partial charge < -0.3 is 4.74 Å². The number of carbonyl (C=O) groups excluding carboxylic acids is 1. The summed E-state index contributed by atoms with van der Waals surface area (Å²) in [5.41, 5.74) is 0.728. The SMILES string of the molecule is CC[C@H](C)OC(=O)Nc1ccc(Br)cc1. The number of nitrogens with one attached hydrogen (secondary N) is 1. The van der Waals surface area contributed by atoms with Gasteiger partial charge in [-0.1, -0.05) is 22.9 Å². The Morgan fingerprint density at radius 2 is 2.07 bits per heavy atom. The van der Waals surface area contributed by atoms with E-state index in [4.69, 9.17) is 4.74 Å². The fourth-order valence-corrected chi connectivity index (χ4v) is 1.21. The molecule has 0 aromatic heterocycles. The van der Waals surface area contributed by atoms with Crippen LogP contribution in [0.3, 0.4) is 0 Å². The quantitative estimate of drug-likeness (QED) is 0.908. The number of anilines is 1. The van der Waals surface area contributed by atoms with E-state index in [2.05, 4.69) is 21.2 Å². The average Bonchev–Trinajstić information content (AvgIpc) is 2.21. The van der Waals surface area contributed by atoms with Gasteiger partial charge in [0.25, 0.3) is 0 Å². The lowest BCUT2D eigenvalue weighted by molar-refractivity contribution is 0.118. The van der Waals surface area contributed by atoms with E-state index < -0.39 is 6.09 Å². The number of halogens is 1. The Bertz CT molecular complexity index is 324. The highest BCUT2D eigenvalue weighted by atomic mass is 79.9. The molecule has 0 bridgehead atoms. The zero-order valence-electron chi connectivity index (χ0n) is 8.79.